The van der Waals surface area contributed by atoms with Crippen molar-refractivity contribution in [1.29, 1.82) is 0 Å². The summed E-state index contributed by atoms with van der Waals surface area (Å²) in [7, 11) is 0. The van der Waals surface area contributed by atoms with Crippen LogP contribution in [0.25, 0.3) is 11.1 Å². The van der Waals surface area contributed by atoms with Gasteiger partial charge in [0.25, 0.3) is 0 Å². The first kappa shape index (κ1) is 12.6. The average molecular weight is 305 g/mol. The number of carbonyl (C=O) groups excluding carboxylic acids is 1. The van der Waals surface area contributed by atoms with E-state index in [-0.39, 0.29) is 0 Å². The summed E-state index contributed by atoms with van der Waals surface area (Å²) in [6.45, 7) is 0. The fraction of sp³-hybridized carbons (Fsp3) is 0.0714. The minimum atomic E-state index is -0.554. The maximum atomic E-state index is 10.8. The van der Waals surface area contributed by atoms with E-state index < -0.39 is 6.03 Å². The van der Waals surface area contributed by atoms with Gasteiger partial charge in [-0.25, -0.2) is 4.79 Å². The van der Waals surface area contributed by atoms with Gasteiger partial charge in [-0.15, -0.1) is 0 Å². The molecule has 18 heavy (non-hydrogen) atoms. The molecular formula is C14H13BrN2O. The molecule has 0 heterocycles. The predicted molar refractivity (Wildman–Crippen MR) is 77.7 cm³/mol. The van der Waals surface area contributed by atoms with Crippen LogP contribution in [0.1, 0.15) is 5.56 Å². The molecule has 0 saturated carbocycles. The van der Waals surface area contributed by atoms with Crippen LogP contribution in [0, 0.1) is 0 Å². The highest BCUT2D eigenvalue weighted by Crippen LogP contribution is 2.23. The number of carbonyl (C=O) groups is 1. The highest BCUT2D eigenvalue weighted by molar-refractivity contribution is 9.08. The van der Waals surface area contributed by atoms with Crippen molar-refractivity contribution in [3.8, 4) is 11.1 Å². The van der Waals surface area contributed by atoms with Gasteiger partial charge >= 0.3 is 6.03 Å². The lowest BCUT2D eigenvalue weighted by atomic mass is 10.0. The Bertz CT molecular complexity index is 552. The minimum absolute atomic E-state index is 0.554. The summed E-state index contributed by atoms with van der Waals surface area (Å²) in [5, 5.41) is 3.41. The molecule has 0 aliphatic rings. The average Bonchev–Trinajstić information content (AvgIpc) is 2.38. The second-order valence-electron chi connectivity index (χ2n) is 3.90. The molecule has 0 aliphatic heterocycles. The third kappa shape index (κ3) is 3.11. The molecule has 2 amide bonds. The number of halogens is 1. The first-order chi connectivity index (χ1) is 8.69. The van der Waals surface area contributed by atoms with E-state index in [0.717, 1.165) is 16.5 Å². The molecule has 0 bridgehead atoms. The van der Waals surface area contributed by atoms with Crippen LogP contribution in [0.15, 0.2) is 48.5 Å². The van der Waals surface area contributed by atoms with Gasteiger partial charge in [0.1, 0.15) is 0 Å². The normalized spacial score (nSPS) is 10.1. The minimum Gasteiger partial charge on any atom is -0.351 e. The Morgan fingerprint density at radius 1 is 1.11 bits per heavy atom. The molecule has 92 valence electrons. The predicted octanol–water partition coefficient (Wildman–Crippen LogP) is 3.74. The van der Waals surface area contributed by atoms with Crippen LogP contribution in [0.2, 0.25) is 0 Å². The molecule has 0 unspecified atom stereocenters. The number of amides is 2. The Kier molecular flexibility index (Phi) is 3.99. The summed E-state index contributed by atoms with van der Waals surface area (Å²) >= 11 is 3.42. The monoisotopic (exact) mass is 304 g/mol. The van der Waals surface area contributed by atoms with Crippen molar-refractivity contribution in [2.45, 2.75) is 5.33 Å². The van der Waals surface area contributed by atoms with Crippen molar-refractivity contribution in [2.24, 2.45) is 5.73 Å². The van der Waals surface area contributed by atoms with Crippen LogP contribution in [0.5, 0.6) is 0 Å². The number of benzene rings is 2. The quantitative estimate of drug-likeness (QED) is 0.834. The van der Waals surface area contributed by atoms with Gasteiger partial charge < -0.3 is 11.1 Å². The Hall–Kier alpha value is -1.81. The molecule has 0 atom stereocenters. The summed E-state index contributed by atoms with van der Waals surface area (Å²) in [6.07, 6.45) is 0. The lowest BCUT2D eigenvalue weighted by molar-refractivity contribution is 0.259. The second kappa shape index (κ2) is 5.69. The zero-order valence-corrected chi connectivity index (χ0v) is 11.3. The van der Waals surface area contributed by atoms with Gasteiger partial charge in [0.05, 0.1) is 0 Å². The Morgan fingerprint density at radius 3 is 2.44 bits per heavy atom. The third-order valence-corrected chi connectivity index (χ3v) is 3.22. The third-order valence-electron chi connectivity index (χ3n) is 2.57. The summed E-state index contributed by atoms with van der Waals surface area (Å²) in [4.78, 5) is 10.8. The van der Waals surface area contributed by atoms with Crippen molar-refractivity contribution < 1.29 is 4.79 Å². The fourth-order valence-corrected chi connectivity index (χ4v) is 2.08. The van der Waals surface area contributed by atoms with Gasteiger partial charge in [-0.2, -0.15) is 0 Å². The number of nitrogens with one attached hydrogen (secondary N) is 1. The summed E-state index contributed by atoms with van der Waals surface area (Å²) in [5.41, 5.74) is 9.17. The van der Waals surface area contributed by atoms with Crippen molar-refractivity contribution in [3.05, 3.63) is 54.1 Å². The van der Waals surface area contributed by atoms with Crippen LogP contribution in [-0.2, 0) is 5.33 Å². The van der Waals surface area contributed by atoms with Gasteiger partial charge in [0.15, 0.2) is 0 Å². The van der Waals surface area contributed by atoms with E-state index in [4.69, 9.17) is 5.73 Å². The smallest absolute Gasteiger partial charge is 0.316 e. The fourth-order valence-electron chi connectivity index (χ4n) is 1.71. The molecule has 0 spiro atoms. The SMILES string of the molecule is NC(=O)Nc1cccc(-c2ccc(CBr)cc2)c1. The van der Waals surface area contributed by atoms with Crippen LogP contribution in [0.3, 0.4) is 0 Å². The number of anilines is 1. The maximum absolute atomic E-state index is 10.8. The molecule has 2 aromatic carbocycles. The molecule has 0 radical (unpaired) electrons. The molecule has 0 aliphatic carbocycles. The highest BCUT2D eigenvalue weighted by atomic mass is 79.9. The zero-order chi connectivity index (χ0) is 13.0. The lowest BCUT2D eigenvalue weighted by Gasteiger charge is -2.06. The van der Waals surface area contributed by atoms with Gasteiger partial charge in [-0.3, -0.25) is 0 Å². The van der Waals surface area contributed by atoms with Crippen molar-refractivity contribution in [3.63, 3.8) is 0 Å². The number of nitrogens with two attached hydrogens (primary N) is 1. The number of alkyl halides is 1. The zero-order valence-electron chi connectivity index (χ0n) is 9.69. The highest BCUT2D eigenvalue weighted by Gasteiger charge is 2.01. The van der Waals surface area contributed by atoms with Crippen LogP contribution in [0.4, 0.5) is 10.5 Å². The summed E-state index contributed by atoms with van der Waals surface area (Å²) in [5.74, 6) is 0. The number of hydrogen-bond acceptors (Lipinski definition) is 1. The molecule has 0 fully saturated rings. The number of hydrogen-bond donors (Lipinski definition) is 2. The van der Waals surface area contributed by atoms with E-state index in [1.54, 1.807) is 6.07 Å². The molecule has 3 N–H and O–H groups in total. The van der Waals surface area contributed by atoms with Crippen molar-refractivity contribution in [2.75, 3.05) is 5.32 Å². The van der Waals surface area contributed by atoms with Crippen LogP contribution in [-0.4, -0.2) is 6.03 Å². The van der Waals surface area contributed by atoms with E-state index in [0.29, 0.717) is 5.69 Å². The Balaban J connectivity index is 2.29. The summed E-state index contributed by atoms with van der Waals surface area (Å²) in [6, 6.07) is 15.3. The Morgan fingerprint density at radius 2 is 1.83 bits per heavy atom. The van der Waals surface area contributed by atoms with E-state index in [1.165, 1.54) is 5.56 Å². The van der Waals surface area contributed by atoms with Crippen LogP contribution < -0.4 is 11.1 Å². The number of rotatable bonds is 3. The standard InChI is InChI=1S/C14H13BrN2O/c15-9-10-4-6-11(7-5-10)12-2-1-3-13(8-12)17-14(16)18/h1-8H,9H2,(H3,16,17,18). The maximum Gasteiger partial charge on any atom is 0.316 e. The second-order valence-corrected chi connectivity index (χ2v) is 4.46. The van der Waals surface area contributed by atoms with Crippen molar-refractivity contribution in [1.82, 2.24) is 0 Å². The van der Waals surface area contributed by atoms with E-state index in [1.807, 2.05) is 18.2 Å². The molecular weight excluding hydrogens is 292 g/mol. The van der Waals surface area contributed by atoms with E-state index >= 15 is 0 Å². The number of primary amides is 1. The van der Waals surface area contributed by atoms with Crippen LogP contribution >= 0.6 is 15.9 Å². The molecule has 2 aromatic rings. The van der Waals surface area contributed by atoms with Gasteiger partial charge in [0.2, 0.25) is 0 Å². The molecule has 4 heteroatoms. The molecule has 3 nitrogen and oxygen atoms in total. The number of urea groups is 1. The van der Waals surface area contributed by atoms with Gasteiger partial charge in [0, 0.05) is 11.0 Å². The topological polar surface area (TPSA) is 55.1 Å². The molecule has 0 saturated heterocycles. The summed E-state index contributed by atoms with van der Waals surface area (Å²) < 4.78 is 0. The lowest BCUT2D eigenvalue weighted by Crippen LogP contribution is -2.19. The molecule has 2 rings (SSSR count). The first-order valence-corrected chi connectivity index (χ1v) is 6.63. The largest absolute Gasteiger partial charge is 0.351 e. The van der Waals surface area contributed by atoms with Crippen molar-refractivity contribution >= 4 is 27.6 Å². The molecule has 0 aromatic heterocycles. The van der Waals surface area contributed by atoms with E-state index in [9.17, 15) is 4.79 Å². The van der Waals surface area contributed by atoms with Gasteiger partial charge in [-0.05, 0) is 28.8 Å². The Labute approximate surface area is 114 Å². The van der Waals surface area contributed by atoms with E-state index in [2.05, 4.69) is 45.5 Å². The first-order valence-electron chi connectivity index (χ1n) is 5.51. The van der Waals surface area contributed by atoms with Gasteiger partial charge in [-0.1, -0.05) is 52.3 Å².